The van der Waals surface area contributed by atoms with Gasteiger partial charge in [0.1, 0.15) is 11.6 Å². The molecule has 0 amide bonds. The number of hydrogen-bond acceptors (Lipinski definition) is 9. The maximum absolute atomic E-state index is 10.8. The fourth-order valence-corrected chi connectivity index (χ4v) is 3.90. The molecule has 4 rings (SSSR count). The highest BCUT2D eigenvalue weighted by molar-refractivity contribution is 9.10. The fourth-order valence-electron chi connectivity index (χ4n) is 3.02. The van der Waals surface area contributed by atoms with Crippen LogP contribution in [0.5, 0.6) is 0 Å². The molecule has 3 aromatic heterocycles. The molecule has 0 saturated heterocycles. The van der Waals surface area contributed by atoms with Crippen LogP contribution in [-0.2, 0) is 0 Å². The number of imidazole rings is 1. The smallest absolute Gasteiger partial charge is 0.311 e. The van der Waals surface area contributed by atoms with E-state index in [1.807, 2.05) is 6.07 Å². The Morgan fingerprint density at radius 3 is 2.64 bits per heavy atom. The number of nitrogen functional groups attached to an aromatic ring is 1. The standard InChI is InChI=1S/C20H17BrClN9O2/c21-14-9-11(22)1-2-12(14)17-13(19-25-6-7-26-19)10-28-20(30-17)27-8-5-24-16-4-3-15(31(32)33)18(23)29-16/h1-4,6-7,9-10H,5,8H2,(H,25,26)(H3,23,24,29)(H,27,28,30). The number of H-pyrrole nitrogens is 1. The molecule has 168 valence electrons. The second kappa shape index (κ2) is 9.79. The first-order valence-corrected chi connectivity index (χ1v) is 10.8. The van der Waals surface area contributed by atoms with E-state index in [1.165, 1.54) is 12.1 Å². The van der Waals surface area contributed by atoms with Gasteiger partial charge in [-0.25, -0.2) is 19.9 Å². The van der Waals surface area contributed by atoms with Crippen LogP contribution in [0, 0.1) is 10.1 Å². The molecular formula is C20H17BrClN9O2. The van der Waals surface area contributed by atoms with Crippen molar-refractivity contribution in [3.05, 3.63) is 68.5 Å². The number of nitrogens with two attached hydrogens (primary N) is 1. The minimum Gasteiger partial charge on any atom is -0.378 e. The van der Waals surface area contributed by atoms with Gasteiger partial charge < -0.3 is 21.4 Å². The van der Waals surface area contributed by atoms with E-state index in [0.29, 0.717) is 41.4 Å². The highest BCUT2D eigenvalue weighted by Crippen LogP contribution is 2.35. The van der Waals surface area contributed by atoms with Crippen LogP contribution in [0.25, 0.3) is 22.6 Å². The predicted octanol–water partition coefficient (Wildman–Crippen LogP) is 4.36. The topological polar surface area (TPSA) is 161 Å². The number of nitro groups is 1. The first kappa shape index (κ1) is 22.4. The summed E-state index contributed by atoms with van der Waals surface area (Å²) < 4.78 is 0.788. The molecule has 0 unspecified atom stereocenters. The van der Waals surface area contributed by atoms with Gasteiger partial charge >= 0.3 is 5.69 Å². The third kappa shape index (κ3) is 5.18. The van der Waals surface area contributed by atoms with Crippen molar-refractivity contribution in [3.63, 3.8) is 0 Å². The van der Waals surface area contributed by atoms with Crippen molar-refractivity contribution in [2.24, 2.45) is 0 Å². The van der Waals surface area contributed by atoms with Crippen molar-refractivity contribution >= 4 is 50.8 Å². The maximum Gasteiger partial charge on any atom is 0.311 e. The van der Waals surface area contributed by atoms with Crippen LogP contribution in [0.3, 0.4) is 0 Å². The summed E-state index contributed by atoms with van der Waals surface area (Å²) in [5.41, 5.74) is 7.62. The summed E-state index contributed by atoms with van der Waals surface area (Å²) in [6.45, 7) is 0.910. The molecule has 1 aromatic carbocycles. The molecule has 13 heteroatoms. The molecule has 0 saturated carbocycles. The third-order valence-corrected chi connectivity index (χ3v) is 5.43. The fraction of sp³-hybridized carbons (Fsp3) is 0.100. The Morgan fingerprint density at radius 2 is 1.94 bits per heavy atom. The lowest BCUT2D eigenvalue weighted by atomic mass is 10.1. The van der Waals surface area contributed by atoms with Gasteiger partial charge in [0.05, 0.1) is 16.2 Å². The second-order valence-corrected chi connectivity index (χ2v) is 8.02. The lowest BCUT2D eigenvalue weighted by Crippen LogP contribution is -2.16. The summed E-state index contributed by atoms with van der Waals surface area (Å²) in [6, 6.07) is 8.27. The van der Waals surface area contributed by atoms with Gasteiger partial charge in [0.15, 0.2) is 0 Å². The molecule has 0 aliphatic carbocycles. The van der Waals surface area contributed by atoms with Crippen LogP contribution in [0.2, 0.25) is 5.02 Å². The number of aromatic nitrogens is 5. The average Bonchev–Trinajstić information content (AvgIpc) is 3.31. The minimum atomic E-state index is -0.575. The number of nitrogens with one attached hydrogen (secondary N) is 3. The van der Waals surface area contributed by atoms with E-state index in [9.17, 15) is 10.1 Å². The number of halogens is 2. The Balaban J connectivity index is 1.49. The van der Waals surface area contributed by atoms with Crippen molar-refractivity contribution < 1.29 is 4.92 Å². The Morgan fingerprint density at radius 1 is 1.12 bits per heavy atom. The lowest BCUT2D eigenvalue weighted by molar-refractivity contribution is -0.384. The summed E-state index contributed by atoms with van der Waals surface area (Å²) in [7, 11) is 0. The predicted molar refractivity (Wildman–Crippen MR) is 130 cm³/mol. The van der Waals surface area contributed by atoms with Crippen molar-refractivity contribution in [1.29, 1.82) is 0 Å². The van der Waals surface area contributed by atoms with E-state index in [1.54, 1.807) is 30.7 Å². The van der Waals surface area contributed by atoms with E-state index < -0.39 is 4.92 Å². The summed E-state index contributed by atoms with van der Waals surface area (Å²) >= 11 is 9.65. The van der Waals surface area contributed by atoms with Crippen LogP contribution in [0.15, 0.2) is 53.4 Å². The van der Waals surface area contributed by atoms with Crippen LogP contribution in [0.4, 0.5) is 23.3 Å². The van der Waals surface area contributed by atoms with Gasteiger partial charge in [-0.05, 0) is 18.2 Å². The molecule has 0 atom stereocenters. The normalized spacial score (nSPS) is 10.7. The van der Waals surface area contributed by atoms with E-state index >= 15 is 0 Å². The molecule has 0 bridgehead atoms. The Kier molecular flexibility index (Phi) is 6.66. The van der Waals surface area contributed by atoms with Crippen LogP contribution in [-0.4, -0.2) is 42.9 Å². The monoisotopic (exact) mass is 529 g/mol. The van der Waals surface area contributed by atoms with E-state index in [2.05, 4.69) is 51.5 Å². The Hall–Kier alpha value is -3.77. The molecule has 0 fully saturated rings. The zero-order valence-corrected chi connectivity index (χ0v) is 19.3. The van der Waals surface area contributed by atoms with Crippen molar-refractivity contribution in [1.82, 2.24) is 24.9 Å². The molecule has 33 heavy (non-hydrogen) atoms. The average molecular weight is 531 g/mol. The SMILES string of the molecule is Nc1nc(NCCNc2ncc(-c3ncc[nH]3)c(-c3ccc(Cl)cc3Br)n2)ccc1[N+](=O)[O-]. The molecule has 0 aliphatic heterocycles. The summed E-state index contributed by atoms with van der Waals surface area (Å²) in [4.78, 5) is 30.7. The quantitative estimate of drug-likeness (QED) is 0.147. The highest BCUT2D eigenvalue weighted by Gasteiger charge is 2.16. The number of aromatic amines is 1. The Labute approximate surface area is 201 Å². The summed E-state index contributed by atoms with van der Waals surface area (Å²) in [5, 5.41) is 17.6. The van der Waals surface area contributed by atoms with Crippen LogP contribution >= 0.6 is 27.5 Å². The molecular weight excluding hydrogens is 514 g/mol. The number of rotatable bonds is 8. The molecule has 0 aliphatic rings. The molecule has 0 spiro atoms. The molecule has 5 N–H and O–H groups in total. The molecule has 0 radical (unpaired) electrons. The van der Waals surface area contributed by atoms with Gasteiger partial charge in [-0.2, -0.15) is 0 Å². The first-order valence-electron chi connectivity index (χ1n) is 9.63. The summed E-state index contributed by atoms with van der Waals surface area (Å²) in [6.07, 6.45) is 5.08. The van der Waals surface area contributed by atoms with E-state index in [0.717, 1.165) is 15.6 Å². The van der Waals surface area contributed by atoms with Gasteiger partial charge in [0, 0.05) is 52.8 Å². The third-order valence-electron chi connectivity index (χ3n) is 4.54. The van der Waals surface area contributed by atoms with Gasteiger partial charge in [-0.1, -0.05) is 33.6 Å². The molecule has 4 aromatic rings. The van der Waals surface area contributed by atoms with Crippen LogP contribution in [0.1, 0.15) is 0 Å². The number of hydrogen-bond donors (Lipinski definition) is 4. The highest BCUT2D eigenvalue weighted by atomic mass is 79.9. The zero-order valence-electron chi connectivity index (χ0n) is 16.9. The number of benzene rings is 1. The maximum atomic E-state index is 10.8. The van der Waals surface area contributed by atoms with Gasteiger partial charge in [-0.15, -0.1) is 0 Å². The number of nitrogens with zero attached hydrogens (tertiary/aromatic N) is 5. The van der Waals surface area contributed by atoms with Gasteiger partial charge in [0.2, 0.25) is 11.8 Å². The van der Waals surface area contributed by atoms with Gasteiger partial charge in [-0.3, -0.25) is 10.1 Å². The van der Waals surface area contributed by atoms with Crippen molar-refractivity contribution in [2.75, 3.05) is 29.5 Å². The van der Waals surface area contributed by atoms with E-state index in [4.69, 9.17) is 17.3 Å². The zero-order chi connectivity index (χ0) is 23.4. The van der Waals surface area contributed by atoms with Crippen molar-refractivity contribution in [3.8, 4) is 22.6 Å². The summed E-state index contributed by atoms with van der Waals surface area (Å²) in [5.74, 6) is 1.34. The molecule has 3 heterocycles. The van der Waals surface area contributed by atoms with Gasteiger partial charge in [0.25, 0.3) is 0 Å². The van der Waals surface area contributed by atoms with Crippen LogP contribution < -0.4 is 16.4 Å². The number of pyridine rings is 1. The lowest BCUT2D eigenvalue weighted by Gasteiger charge is -2.12. The minimum absolute atomic E-state index is 0.145. The second-order valence-electron chi connectivity index (χ2n) is 6.73. The first-order chi connectivity index (χ1) is 15.9. The largest absolute Gasteiger partial charge is 0.378 e. The number of anilines is 3. The van der Waals surface area contributed by atoms with Crippen molar-refractivity contribution in [2.45, 2.75) is 0 Å². The van der Waals surface area contributed by atoms with E-state index in [-0.39, 0.29) is 11.5 Å². The Bertz CT molecular complexity index is 1300. The molecule has 11 nitrogen and oxygen atoms in total.